The molecule has 0 N–H and O–H groups in total. The molecule has 3 aromatic rings. The van der Waals surface area contributed by atoms with Gasteiger partial charge in [0.15, 0.2) is 5.69 Å². The Morgan fingerprint density at radius 1 is 1.33 bits per heavy atom. The van der Waals surface area contributed by atoms with Crippen molar-refractivity contribution in [1.82, 2.24) is 14.6 Å². The number of nitriles is 1. The molecule has 3 rings (SSSR count). The molecule has 0 saturated heterocycles. The molecule has 4 nitrogen and oxygen atoms in total. The quantitative estimate of drug-likeness (QED) is 0.671. The molecule has 0 aliphatic rings. The van der Waals surface area contributed by atoms with E-state index in [2.05, 4.69) is 22.2 Å². The molecule has 1 aromatic carbocycles. The van der Waals surface area contributed by atoms with Crippen LogP contribution in [-0.4, -0.2) is 14.6 Å². The van der Waals surface area contributed by atoms with E-state index in [1.807, 2.05) is 32.0 Å². The summed E-state index contributed by atoms with van der Waals surface area (Å²) in [6.07, 6.45) is 0. The summed E-state index contributed by atoms with van der Waals surface area (Å²) in [5, 5.41) is 14.4. The molecular formula is C13H10N4S. The molecule has 2 aromatic heterocycles. The predicted octanol–water partition coefficient (Wildman–Crippen LogP) is 2.95. The van der Waals surface area contributed by atoms with Gasteiger partial charge in [-0.1, -0.05) is 35.1 Å². The highest BCUT2D eigenvalue weighted by atomic mass is 32.1. The summed E-state index contributed by atoms with van der Waals surface area (Å²) in [6, 6.07) is 10.3. The van der Waals surface area contributed by atoms with Gasteiger partial charge in [0.2, 0.25) is 4.96 Å². The summed E-state index contributed by atoms with van der Waals surface area (Å²) in [5.41, 5.74) is 3.50. The second-order valence-corrected chi connectivity index (χ2v) is 5.08. The number of aryl methyl sites for hydroxylation is 2. The minimum Gasteiger partial charge on any atom is -0.221 e. The van der Waals surface area contributed by atoms with Crippen molar-refractivity contribution in [1.29, 1.82) is 5.26 Å². The van der Waals surface area contributed by atoms with Crippen LogP contribution in [-0.2, 0) is 0 Å². The summed E-state index contributed by atoms with van der Waals surface area (Å²) < 4.78 is 1.62. The SMILES string of the molecule is Cc1cccc(-c2nn3c(C#N)c(C)nc3s2)c1. The van der Waals surface area contributed by atoms with Crippen molar-refractivity contribution < 1.29 is 0 Å². The van der Waals surface area contributed by atoms with E-state index < -0.39 is 0 Å². The van der Waals surface area contributed by atoms with Gasteiger partial charge < -0.3 is 0 Å². The van der Waals surface area contributed by atoms with E-state index >= 15 is 0 Å². The highest BCUT2D eigenvalue weighted by molar-refractivity contribution is 7.19. The normalized spacial score (nSPS) is 10.7. The van der Waals surface area contributed by atoms with E-state index in [-0.39, 0.29) is 0 Å². The molecule has 0 radical (unpaired) electrons. The molecule has 0 aliphatic carbocycles. The lowest BCUT2D eigenvalue weighted by Gasteiger charge is -1.96. The highest BCUT2D eigenvalue weighted by Crippen LogP contribution is 2.27. The fourth-order valence-electron chi connectivity index (χ4n) is 1.87. The lowest BCUT2D eigenvalue weighted by Crippen LogP contribution is -1.90. The molecule has 5 heteroatoms. The van der Waals surface area contributed by atoms with Crippen molar-refractivity contribution >= 4 is 16.3 Å². The minimum atomic E-state index is 0.514. The molecular weight excluding hydrogens is 244 g/mol. The summed E-state index contributed by atoms with van der Waals surface area (Å²) in [6.45, 7) is 3.87. The van der Waals surface area contributed by atoms with Crippen LogP contribution in [0.4, 0.5) is 0 Å². The van der Waals surface area contributed by atoms with Crippen LogP contribution in [0.15, 0.2) is 24.3 Å². The van der Waals surface area contributed by atoms with Crippen LogP contribution in [0.5, 0.6) is 0 Å². The van der Waals surface area contributed by atoms with E-state index in [1.54, 1.807) is 4.52 Å². The molecule has 0 bridgehead atoms. The Labute approximate surface area is 108 Å². The van der Waals surface area contributed by atoms with Gasteiger partial charge in [0.05, 0.1) is 5.69 Å². The number of imidazole rings is 1. The van der Waals surface area contributed by atoms with E-state index in [9.17, 15) is 0 Å². The molecule has 0 aliphatic heterocycles. The van der Waals surface area contributed by atoms with Gasteiger partial charge in [-0.05, 0) is 19.9 Å². The number of nitrogens with zero attached hydrogens (tertiary/aromatic N) is 4. The number of aromatic nitrogens is 3. The average Bonchev–Trinajstić information content (AvgIpc) is 2.85. The van der Waals surface area contributed by atoms with Crippen LogP contribution in [0.25, 0.3) is 15.5 Å². The van der Waals surface area contributed by atoms with E-state index in [4.69, 9.17) is 5.26 Å². The minimum absolute atomic E-state index is 0.514. The number of rotatable bonds is 1. The Hall–Kier alpha value is -2.19. The van der Waals surface area contributed by atoms with Gasteiger partial charge in [-0.3, -0.25) is 0 Å². The lowest BCUT2D eigenvalue weighted by atomic mass is 10.1. The van der Waals surface area contributed by atoms with Gasteiger partial charge in [0.1, 0.15) is 11.1 Å². The zero-order valence-corrected chi connectivity index (χ0v) is 10.8. The zero-order chi connectivity index (χ0) is 12.7. The second-order valence-electron chi connectivity index (χ2n) is 4.13. The summed E-state index contributed by atoms with van der Waals surface area (Å²) in [4.78, 5) is 5.11. The van der Waals surface area contributed by atoms with Gasteiger partial charge in [-0.2, -0.15) is 14.9 Å². The van der Waals surface area contributed by atoms with Crippen LogP contribution in [0.2, 0.25) is 0 Å². The Bertz CT molecular complexity index is 776. The molecule has 2 heterocycles. The van der Waals surface area contributed by atoms with Gasteiger partial charge in [0.25, 0.3) is 0 Å². The number of hydrogen-bond donors (Lipinski definition) is 0. The second kappa shape index (κ2) is 3.93. The molecule has 0 atom stereocenters. The lowest BCUT2D eigenvalue weighted by molar-refractivity contribution is 0.955. The molecule has 88 valence electrons. The first-order valence-electron chi connectivity index (χ1n) is 5.52. The van der Waals surface area contributed by atoms with E-state index in [1.165, 1.54) is 16.9 Å². The van der Waals surface area contributed by atoms with Crippen LogP contribution in [0.3, 0.4) is 0 Å². The van der Waals surface area contributed by atoms with Crippen molar-refractivity contribution in [2.45, 2.75) is 13.8 Å². The number of hydrogen-bond acceptors (Lipinski definition) is 4. The first-order valence-corrected chi connectivity index (χ1v) is 6.34. The van der Waals surface area contributed by atoms with Crippen LogP contribution in [0.1, 0.15) is 17.0 Å². The molecule has 18 heavy (non-hydrogen) atoms. The molecule has 0 unspecified atom stereocenters. The van der Waals surface area contributed by atoms with Gasteiger partial charge in [0, 0.05) is 5.56 Å². The third kappa shape index (κ3) is 1.59. The predicted molar refractivity (Wildman–Crippen MR) is 70.5 cm³/mol. The number of benzene rings is 1. The largest absolute Gasteiger partial charge is 0.221 e. The van der Waals surface area contributed by atoms with Crippen LogP contribution < -0.4 is 0 Å². The maximum absolute atomic E-state index is 9.08. The zero-order valence-electron chi connectivity index (χ0n) is 10.0. The smallest absolute Gasteiger partial charge is 0.213 e. The average molecular weight is 254 g/mol. The monoisotopic (exact) mass is 254 g/mol. The Kier molecular flexibility index (Phi) is 2.39. The van der Waals surface area contributed by atoms with Crippen molar-refractivity contribution in [2.75, 3.05) is 0 Å². The fourth-order valence-corrected chi connectivity index (χ4v) is 2.81. The first kappa shape index (κ1) is 10.9. The van der Waals surface area contributed by atoms with E-state index in [0.29, 0.717) is 5.69 Å². The van der Waals surface area contributed by atoms with Crippen LogP contribution >= 0.6 is 11.3 Å². The maximum Gasteiger partial charge on any atom is 0.213 e. The third-order valence-corrected chi connectivity index (χ3v) is 3.71. The molecule has 0 fully saturated rings. The van der Waals surface area contributed by atoms with Crippen molar-refractivity contribution in [3.8, 4) is 16.6 Å². The Balaban J connectivity index is 2.21. The summed E-state index contributed by atoms with van der Waals surface area (Å²) in [5.74, 6) is 0. The van der Waals surface area contributed by atoms with Crippen molar-refractivity contribution in [3.05, 3.63) is 41.2 Å². The van der Waals surface area contributed by atoms with Gasteiger partial charge in [-0.25, -0.2) is 4.98 Å². The topological polar surface area (TPSA) is 54.0 Å². The first-order chi connectivity index (χ1) is 8.69. The number of fused-ring (bicyclic) bond motifs is 1. The highest BCUT2D eigenvalue weighted by Gasteiger charge is 2.14. The maximum atomic E-state index is 9.08. The van der Waals surface area contributed by atoms with Crippen LogP contribution in [0, 0.1) is 25.2 Å². The Morgan fingerprint density at radius 3 is 2.89 bits per heavy atom. The molecule has 0 amide bonds. The summed E-state index contributed by atoms with van der Waals surface area (Å²) in [7, 11) is 0. The van der Waals surface area contributed by atoms with E-state index in [0.717, 1.165) is 21.2 Å². The van der Waals surface area contributed by atoms with Gasteiger partial charge in [-0.15, -0.1) is 0 Å². The standard InChI is InChI=1S/C13H10N4S/c1-8-4-3-5-10(6-8)12-16-17-11(7-14)9(2)15-13(17)18-12/h3-6H,1-2H3. The third-order valence-electron chi connectivity index (χ3n) is 2.75. The van der Waals surface area contributed by atoms with Gasteiger partial charge >= 0.3 is 0 Å². The summed E-state index contributed by atoms with van der Waals surface area (Å²) >= 11 is 1.50. The fraction of sp³-hybridized carbons (Fsp3) is 0.154. The molecule has 0 saturated carbocycles. The van der Waals surface area contributed by atoms with Crippen molar-refractivity contribution in [3.63, 3.8) is 0 Å². The molecule has 0 spiro atoms. The Morgan fingerprint density at radius 2 is 2.17 bits per heavy atom. The van der Waals surface area contributed by atoms with Crippen molar-refractivity contribution in [2.24, 2.45) is 0 Å².